The van der Waals surface area contributed by atoms with Crippen molar-refractivity contribution in [2.75, 3.05) is 26.8 Å². The minimum absolute atomic E-state index is 0. The first-order valence-electron chi connectivity index (χ1n) is 8.26. The summed E-state index contributed by atoms with van der Waals surface area (Å²) >= 11 is 6.25. The molecular formula is C17H23ClIN5O3. The topological polar surface area (TPSA) is 92.9 Å². The van der Waals surface area contributed by atoms with E-state index in [2.05, 4.69) is 20.7 Å². The Labute approximate surface area is 179 Å². The largest absolute Gasteiger partial charge is 0.486 e. The number of nitrogens with one attached hydrogen (secondary N) is 2. The fraction of sp³-hybridized carbons (Fsp3) is 0.412. The summed E-state index contributed by atoms with van der Waals surface area (Å²) in [6, 6.07) is 3.73. The molecule has 1 aromatic heterocycles. The van der Waals surface area contributed by atoms with Crippen LogP contribution in [0.4, 0.5) is 0 Å². The molecule has 1 aromatic carbocycles. The molecule has 1 unspecified atom stereocenters. The van der Waals surface area contributed by atoms with Gasteiger partial charge in [-0.2, -0.15) is 5.10 Å². The summed E-state index contributed by atoms with van der Waals surface area (Å²) in [4.78, 5) is 4.16. The van der Waals surface area contributed by atoms with E-state index in [0.29, 0.717) is 48.8 Å². The standard InChI is InChI=1S/C17H22ClN5O3.HI/c1-19-17(21-9-14(24)12-8-22-23(2)10-12)20-7-11-5-13(18)16-15(6-11)25-3-4-26-16;/h5-6,8,10,14,24H,3-4,7,9H2,1-2H3,(H2,19,20,21);1H. The SMILES string of the molecule is CN=C(NCc1cc(Cl)c2c(c1)OCCO2)NCC(O)c1cnn(C)c1.I. The van der Waals surface area contributed by atoms with Crippen LogP contribution in [0.1, 0.15) is 17.2 Å². The predicted octanol–water partition coefficient (Wildman–Crippen LogP) is 1.86. The Morgan fingerprint density at radius 1 is 1.37 bits per heavy atom. The van der Waals surface area contributed by atoms with Crippen LogP contribution in [-0.2, 0) is 13.6 Å². The Morgan fingerprint density at radius 2 is 2.15 bits per heavy atom. The Balaban J connectivity index is 0.00000261. The van der Waals surface area contributed by atoms with Gasteiger partial charge in [-0.25, -0.2) is 0 Å². The number of aliphatic hydroxyl groups is 1. The summed E-state index contributed by atoms with van der Waals surface area (Å²) in [6.07, 6.45) is 2.74. The van der Waals surface area contributed by atoms with Gasteiger partial charge in [-0.3, -0.25) is 9.67 Å². The quantitative estimate of drug-likeness (QED) is 0.325. The van der Waals surface area contributed by atoms with Crippen LogP contribution in [0.15, 0.2) is 29.5 Å². The second-order valence-electron chi connectivity index (χ2n) is 5.87. The smallest absolute Gasteiger partial charge is 0.191 e. The molecule has 148 valence electrons. The van der Waals surface area contributed by atoms with E-state index in [0.717, 1.165) is 11.1 Å². The van der Waals surface area contributed by atoms with Crippen LogP contribution in [0.25, 0.3) is 0 Å². The van der Waals surface area contributed by atoms with Crippen molar-refractivity contribution in [2.45, 2.75) is 12.6 Å². The summed E-state index contributed by atoms with van der Waals surface area (Å²) in [5, 5.41) is 21.0. The van der Waals surface area contributed by atoms with E-state index in [1.807, 2.05) is 19.2 Å². The number of rotatable bonds is 5. The normalized spacial score (nSPS) is 14.3. The summed E-state index contributed by atoms with van der Waals surface area (Å²) in [5.41, 5.74) is 1.68. The average Bonchev–Trinajstić information content (AvgIpc) is 3.08. The lowest BCUT2D eigenvalue weighted by molar-refractivity contribution is 0.171. The average molecular weight is 508 g/mol. The number of benzene rings is 1. The van der Waals surface area contributed by atoms with Gasteiger partial charge >= 0.3 is 0 Å². The van der Waals surface area contributed by atoms with Crippen LogP contribution < -0.4 is 20.1 Å². The highest BCUT2D eigenvalue weighted by molar-refractivity contribution is 14.0. The van der Waals surface area contributed by atoms with Crippen molar-refractivity contribution in [3.8, 4) is 11.5 Å². The third-order valence-corrected chi connectivity index (χ3v) is 4.19. The Kier molecular flexibility index (Phi) is 7.99. The number of halogens is 2. The van der Waals surface area contributed by atoms with E-state index in [4.69, 9.17) is 21.1 Å². The number of aliphatic imine (C=N–C) groups is 1. The molecule has 3 N–H and O–H groups in total. The molecule has 3 rings (SSSR count). The third kappa shape index (κ3) is 5.63. The Bertz CT molecular complexity index is 799. The maximum Gasteiger partial charge on any atom is 0.191 e. The van der Waals surface area contributed by atoms with Gasteiger partial charge in [0.1, 0.15) is 13.2 Å². The van der Waals surface area contributed by atoms with E-state index in [-0.39, 0.29) is 24.0 Å². The van der Waals surface area contributed by atoms with Crippen molar-refractivity contribution in [1.29, 1.82) is 0 Å². The van der Waals surface area contributed by atoms with Gasteiger partial charge in [0, 0.05) is 38.9 Å². The van der Waals surface area contributed by atoms with E-state index >= 15 is 0 Å². The van der Waals surface area contributed by atoms with Gasteiger partial charge in [0.05, 0.1) is 17.3 Å². The van der Waals surface area contributed by atoms with Crippen LogP contribution in [0.5, 0.6) is 11.5 Å². The zero-order chi connectivity index (χ0) is 18.5. The second kappa shape index (κ2) is 10.00. The number of nitrogens with zero attached hydrogens (tertiary/aromatic N) is 3. The first-order valence-corrected chi connectivity index (χ1v) is 8.63. The minimum atomic E-state index is -0.675. The lowest BCUT2D eigenvalue weighted by Gasteiger charge is -2.20. The van der Waals surface area contributed by atoms with Crippen LogP contribution >= 0.6 is 35.6 Å². The monoisotopic (exact) mass is 507 g/mol. The first kappa shape index (κ1) is 21.6. The molecule has 0 bridgehead atoms. The van der Waals surface area contributed by atoms with Crippen LogP contribution in [-0.4, -0.2) is 47.7 Å². The number of fused-ring (bicyclic) bond motifs is 1. The third-order valence-electron chi connectivity index (χ3n) is 3.91. The molecule has 1 atom stereocenters. The fourth-order valence-electron chi connectivity index (χ4n) is 2.60. The summed E-state index contributed by atoms with van der Waals surface area (Å²) in [7, 11) is 3.48. The Hall–Kier alpha value is -1.72. The molecule has 2 aromatic rings. The van der Waals surface area contributed by atoms with Crippen molar-refractivity contribution in [3.05, 3.63) is 40.7 Å². The zero-order valence-corrected chi connectivity index (χ0v) is 18.2. The molecule has 27 heavy (non-hydrogen) atoms. The number of hydrogen-bond donors (Lipinski definition) is 3. The molecule has 1 aliphatic heterocycles. The van der Waals surface area contributed by atoms with Gasteiger partial charge in [-0.05, 0) is 17.7 Å². The van der Waals surface area contributed by atoms with Gasteiger partial charge in [-0.15, -0.1) is 24.0 Å². The second-order valence-corrected chi connectivity index (χ2v) is 6.28. The van der Waals surface area contributed by atoms with Gasteiger partial charge in [-0.1, -0.05) is 11.6 Å². The first-order chi connectivity index (χ1) is 12.6. The van der Waals surface area contributed by atoms with Crippen LogP contribution in [0.2, 0.25) is 5.02 Å². The van der Waals surface area contributed by atoms with Gasteiger partial charge in [0.15, 0.2) is 17.5 Å². The number of aliphatic hydroxyl groups excluding tert-OH is 1. The van der Waals surface area contributed by atoms with Crippen molar-refractivity contribution >= 4 is 41.5 Å². The number of hydrogen-bond acceptors (Lipinski definition) is 5. The number of guanidine groups is 1. The van der Waals surface area contributed by atoms with Gasteiger partial charge in [0.2, 0.25) is 0 Å². The molecule has 8 nitrogen and oxygen atoms in total. The molecule has 10 heteroatoms. The highest BCUT2D eigenvalue weighted by Crippen LogP contribution is 2.38. The molecule has 2 heterocycles. The molecule has 0 spiro atoms. The summed E-state index contributed by atoms with van der Waals surface area (Å²) in [5.74, 6) is 1.80. The molecular weight excluding hydrogens is 485 g/mol. The number of aromatic nitrogens is 2. The van der Waals surface area contributed by atoms with Gasteiger partial charge in [0.25, 0.3) is 0 Å². The molecule has 0 fully saturated rings. The van der Waals surface area contributed by atoms with E-state index in [1.165, 1.54) is 0 Å². The molecule has 0 aliphatic carbocycles. The molecule has 0 saturated carbocycles. The molecule has 0 amide bonds. The van der Waals surface area contributed by atoms with Crippen molar-refractivity contribution < 1.29 is 14.6 Å². The summed E-state index contributed by atoms with van der Waals surface area (Å²) < 4.78 is 12.8. The minimum Gasteiger partial charge on any atom is -0.486 e. The van der Waals surface area contributed by atoms with Crippen LogP contribution in [0, 0.1) is 0 Å². The van der Waals surface area contributed by atoms with E-state index < -0.39 is 6.10 Å². The highest BCUT2D eigenvalue weighted by atomic mass is 127. The Morgan fingerprint density at radius 3 is 2.85 bits per heavy atom. The van der Waals surface area contributed by atoms with Gasteiger partial charge < -0.3 is 25.2 Å². The van der Waals surface area contributed by atoms with E-state index in [1.54, 1.807) is 24.1 Å². The lowest BCUT2D eigenvalue weighted by atomic mass is 10.2. The van der Waals surface area contributed by atoms with Crippen molar-refractivity contribution in [2.24, 2.45) is 12.0 Å². The predicted molar refractivity (Wildman–Crippen MR) is 114 cm³/mol. The zero-order valence-electron chi connectivity index (χ0n) is 15.1. The fourth-order valence-corrected chi connectivity index (χ4v) is 2.88. The molecule has 1 aliphatic rings. The lowest BCUT2D eigenvalue weighted by Crippen LogP contribution is -2.39. The highest BCUT2D eigenvalue weighted by Gasteiger charge is 2.17. The number of aryl methyl sites for hydroxylation is 1. The van der Waals surface area contributed by atoms with E-state index in [9.17, 15) is 5.11 Å². The molecule has 0 radical (unpaired) electrons. The number of ether oxygens (including phenoxy) is 2. The van der Waals surface area contributed by atoms with Crippen molar-refractivity contribution in [3.63, 3.8) is 0 Å². The maximum absolute atomic E-state index is 10.2. The molecule has 0 saturated heterocycles. The maximum atomic E-state index is 10.2. The summed E-state index contributed by atoms with van der Waals surface area (Å²) in [6.45, 7) is 1.82. The van der Waals surface area contributed by atoms with Crippen molar-refractivity contribution in [1.82, 2.24) is 20.4 Å². The van der Waals surface area contributed by atoms with Crippen LogP contribution in [0.3, 0.4) is 0 Å².